The number of oxazole rings is 1. The van der Waals surface area contributed by atoms with Crippen LogP contribution in [0.25, 0.3) is 0 Å². The van der Waals surface area contributed by atoms with E-state index in [1.165, 1.54) is 6.26 Å². The van der Waals surface area contributed by atoms with Crippen LogP contribution in [0.1, 0.15) is 29.2 Å². The molecule has 10 heteroatoms. The number of nitrogens with two attached hydrogens (primary N) is 1. The van der Waals surface area contributed by atoms with Crippen LogP contribution in [0.3, 0.4) is 0 Å². The van der Waals surface area contributed by atoms with Crippen molar-refractivity contribution in [1.82, 2.24) is 9.88 Å². The van der Waals surface area contributed by atoms with Gasteiger partial charge in [-0.15, -0.1) is 12.4 Å². The smallest absolute Gasteiger partial charge is 0.276 e. The van der Waals surface area contributed by atoms with E-state index in [9.17, 15) is 9.59 Å². The summed E-state index contributed by atoms with van der Waals surface area (Å²) in [6.07, 6.45) is 2.68. The minimum absolute atomic E-state index is 0. The molecule has 2 saturated heterocycles. The SMILES string of the molecule is Cl.NCc1nc(C(=O)N2CCC[C@@H]2C(=O)Nc2ccc(N3CCOCC3)cc2)co1. The number of carbonyl (C=O) groups is 2. The molecule has 30 heavy (non-hydrogen) atoms. The normalized spacial score (nSPS) is 18.8. The van der Waals surface area contributed by atoms with Gasteiger partial charge in [-0.25, -0.2) is 4.98 Å². The number of morpholine rings is 1. The van der Waals surface area contributed by atoms with Crippen molar-refractivity contribution in [2.75, 3.05) is 43.1 Å². The zero-order chi connectivity index (χ0) is 20.2. The van der Waals surface area contributed by atoms with Gasteiger partial charge in [0.15, 0.2) is 5.69 Å². The van der Waals surface area contributed by atoms with E-state index < -0.39 is 6.04 Å². The lowest BCUT2D eigenvalue weighted by Crippen LogP contribution is -2.43. The van der Waals surface area contributed by atoms with Crippen LogP contribution in [0.5, 0.6) is 0 Å². The molecule has 3 heterocycles. The quantitative estimate of drug-likeness (QED) is 0.733. The maximum absolute atomic E-state index is 12.8. The van der Waals surface area contributed by atoms with Crippen LogP contribution in [0.15, 0.2) is 34.9 Å². The molecule has 1 aromatic carbocycles. The van der Waals surface area contributed by atoms with Crippen molar-refractivity contribution in [2.45, 2.75) is 25.4 Å². The standard InChI is InChI=1S/C20H25N5O4.ClH/c21-12-18-23-16(13-29-18)20(27)25-7-1-2-17(25)19(26)22-14-3-5-15(6-4-14)24-8-10-28-11-9-24;/h3-6,13,17H,1-2,7-12,21H2,(H,22,26);1H/t17-;/m1./s1. The molecule has 2 fully saturated rings. The lowest BCUT2D eigenvalue weighted by molar-refractivity contribution is -0.119. The van der Waals surface area contributed by atoms with E-state index in [-0.39, 0.29) is 36.5 Å². The highest BCUT2D eigenvalue weighted by atomic mass is 35.5. The van der Waals surface area contributed by atoms with Crippen molar-refractivity contribution in [3.8, 4) is 0 Å². The van der Waals surface area contributed by atoms with Gasteiger partial charge in [-0.2, -0.15) is 0 Å². The highest BCUT2D eigenvalue weighted by molar-refractivity contribution is 6.00. The Hall–Kier alpha value is -2.62. The van der Waals surface area contributed by atoms with Crippen LogP contribution in [0.2, 0.25) is 0 Å². The molecule has 1 atom stereocenters. The van der Waals surface area contributed by atoms with Gasteiger partial charge in [0.25, 0.3) is 5.91 Å². The number of hydrogen-bond acceptors (Lipinski definition) is 7. The molecule has 3 N–H and O–H groups in total. The van der Waals surface area contributed by atoms with Gasteiger partial charge in [0.05, 0.1) is 19.8 Å². The van der Waals surface area contributed by atoms with Crippen LogP contribution in [0.4, 0.5) is 11.4 Å². The number of carbonyl (C=O) groups excluding carboxylic acids is 2. The third-order valence-corrected chi connectivity index (χ3v) is 5.27. The summed E-state index contributed by atoms with van der Waals surface area (Å²) in [5.41, 5.74) is 7.47. The van der Waals surface area contributed by atoms with Gasteiger partial charge < -0.3 is 30.0 Å². The van der Waals surface area contributed by atoms with Crippen molar-refractivity contribution in [2.24, 2.45) is 5.73 Å². The number of nitrogens with one attached hydrogen (secondary N) is 1. The van der Waals surface area contributed by atoms with Gasteiger partial charge in [-0.1, -0.05) is 0 Å². The summed E-state index contributed by atoms with van der Waals surface area (Å²) in [7, 11) is 0. The Labute approximate surface area is 181 Å². The molecular weight excluding hydrogens is 410 g/mol. The van der Waals surface area contributed by atoms with E-state index in [0.717, 1.165) is 38.4 Å². The Morgan fingerprint density at radius 2 is 1.90 bits per heavy atom. The highest BCUT2D eigenvalue weighted by Gasteiger charge is 2.35. The van der Waals surface area contributed by atoms with Crippen molar-refractivity contribution in [3.05, 3.63) is 42.1 Å². The largest absolute Gasteiger partial charge is 0.447 e. The number of likely N-dealkylation sites (tertiary alicyclic amines) is 1. The molecule has 0 spiro atoms. The number of ether oxygens (including phenoxy) is 1. The number of hydrogen-bond donors (Lipinski definition) is 2. The van der Waals surface area contributed by atoms with E-state index in [4.69, 9.17) is 14.9 Å². The number of aromatic nitrogens is 1. The van der Waals surface area contributed by atoms with E-state index in [0.29, 0.717) is 24.5 Å². The van der Waals surface area contributed by atoms with E-state index >= 15 is 0 Å². The van der Waals surface area contributed by atoms with Gasteiger partial charge in [-0.05, 0) is 37.1 Å². The highest BCUT2D eigenvalue weighted by Crippen LogP contribution is 2.23. The Balaban J connectivity index is 0.00000256. The van der Waals surface area contributed by atoms with Crippen LogP contribution in [0, 0.1) is 0 Å². The number of benzene rings is 1. The second-order valence-corrected chi connectivity index (χ2v) is 7.12. The van der Waals surface area contributed by atoms with Crippen LogP contribution < -0.4 is 16.0 Å². The molecule has 1 aromatic heterocycles. The van der Waals surface area contributed by atoms with Gasteiger partial charge in [0.2, 0.25) is 11.8 Å². The maximum Gasteiger partial charge on any atom is 0.276 e. The fraction of sp³-hybridized carbons (Fsp3) is 0.450. The molecule has 0 aliphatic carbocycles. The zero-order valence-corrected chi connectivity index (χ0v) is 17.4. The average molecular weight is 436 g/mol. The molecule has 0 saturated carbocycles. The first-order valence-corrected chi connectivity index (χ1v) is 9.85. The summed E-state index contributed by atoms with van der Waals surface area (Å²) in [5, 5.41) is 2.93. The number of anilines is 2. The predicted octanol–water partition coefficient (Wildman–Crippen LogP) is 1.63. The Kier molecular flexibility index (Phi) is 7.30. The van der Waals surface area contributed by atoms with Gasteiger partial charge in [0, 0.05) is 31.0 Å². The summed E-state index contributed by atoms with van der Waals surface area (Å²) in [6, 6.07) is 7.22. The molecule has 0 unspecified atom stereocenters. The fourth-order valence-corrected chi connectivity index (χ4v) is 3.74. The zero-order valence-electron chi connectivity index (χ0n) is 16.6. The van der Waals surface area contributed by atoms with Gasteiger partial charge >= 0.3 is 0 Å². The Morgan fingerprint density at radius 3 is 2.57 bits per heavy atom. The molecule has 2 aliphatic rings. The van der Waals surface area contributed by atoms with Crippen molar-refractivity contribution in [3.63, 3.8) is 0 Å². The third-order valence-electron chi connectivity index (χ3n) is 5.27. The van der Waals surface area contributed by atoms with Crippen molar-refractivity contribution >= 4 is 35.6 Å². The van der Waals surface area contributed by atoms with Crippen LogP contribution >= 0.6 is 12.4 Å². The summed E-state index contributed by atoms with van der Waals surface area (Å²) in [6.45, 7) is 3.80. The average Bonchev–Trinajstić information content (AvgIpc) is 3.44. The summed E-state index contributed by atoms with van der Waals surface area (Å²) >= 11 is 0. The fourth-order valence-electron chi connectivity index (χ4n) is 3.74. The van der Waals surface area contributed by atoms with Gasteiger partial charge in [-0.3, -0.25) is 9.59 Å². The molecule has 2 aliphatic heterocycles. The third kappa shape index (κ3) is 4.75. The topological polar surface area (TPSA) is 114 Å². The molecule has 0 radical (unpaired) electrons. The lowest BCUT2D eigenvalue weighted by atomic mass is 10.2. The van der Waals surface area contributed by atoms with Gasteiger partial charge in [0.1, 0.15) is 12.3 Å². The Morgan fingerprint density at radius 1 is 1.17 bits per heavy atom. The summed E-state index contributed by atoms with van der Waals surface area (Å²) in [5.74, 6) is -0.208. The molecule has 2 amide bonds. The van der Waals surface area contributed by atoms with E-state index in [2.05, 4.69) is 15.2 Å². The maximum atomic E-state index is 12.8. The first-order valence-electron chi connectivity index (χ1n) is 9.85. The molecule has 4 rings (SSSR count). The van der Waals surface area contributed by atoms with Crippen LogP contribution in [-0.2, 0) is 16.1 Å². The van der Waals surface area contributed by atoms with Crippen LogP contribution in [-0.4, -0.2) is 60.6 Å². The first-order chi connectivity index (χ1) is 14.2. The number of halogens is 1. The number of nitrogens with zero attached hydrogens (tertiary/aromatic N) is 3. The summed E-state index contributed by atoms with van der Waals surface area (Å²) < 4.78 is 10.5. The number of amides is 2. The monoisotopic (exact) mass is 435 g/mol. The van der Waals surface area contributed by atoms with E-state index in [1.54, 1.807) is 4.90 Å². The second kappa shape index (κ2) is 9.92. The van der Waals surface area contributed by atoms with Crippen molar-refractivity contribution < 1.29 is 18.7 Å². The molecule has 162 valence electrons. The molecule has 2 aromatic rings. The predicted molar refractivity (Wildman–Crippen MR) is 114 cm³/mol. The minimum Gasteiger partial charge on any atom is -0.447 e. The molecule has 9 nitrogen and oxygen atoms in total. The van der Waals surface area contributed by atoms with E-state index in [1.807, 2.05) is 24.3 Å². The minimum atomic E-state index is -0.528. The first kappa shape index (κ1) is 22.1. The van der Waals surface area contributed by atoms with Crippen molar-refractivity contribution in [1.29, 1.82) is 0 Å². The number of rotatable bonds is 5. The second-order valence-electron chi connectivity index (χ2n) is 7.12. The summed E-state index contributed by atoms with van der Waals surface area (Å²) in [4.78, 5) is 33.4. The molecular formula is C20H26ClN5O4. The Bertz CT molecular complexity index is 866. The lowest BCUT2D eigenvalue weighted by Gasteiger charge is -2.29. The molecule has 0 bridgehead atoms.